The number of nitriles is 2. The summed E-state index contributed by atoms with van der Waals surface area (Å²) in [4.78, 5) is 0.513. The Bertz CT molecular complexity index is 1480. The van der Waals surface area contributed by atoms with Gasteiger partial charge in [0.15, 0.2) is 0 Å². The van der Waals surface area contributed by atoms with Crippen LogP contribution in [0.15, 0.2) is 48.5 Å². The quantitative estimate of drug-likeness (QED) is 0.260. The van der Waals surface area contributed by atoms with E-state index in [2.05, 4.69) is 110 Å². The summed E-state index contributed by atoms with van der Waals surface area (Å²) in [7, 11) is -0.988. The molecule has 2 nitrogen and oxygen atoms in total. The summed E-state index contributed by atoms with van der Waals surface area (Å²) in [6, 6.07) is 21.2. The number of nitrogens with zero attached hydrogens (tertiary/aromatic N) is 2. The van der Waals surface area contributed by atoms with Crippen LogP contribution in [-0.4, -0.2) is 20.9 Å². The minimum Gasteiger partial charge on any atom is -0.192 e. The van der Waals surface area contributed by atoms with Crippen molar-refractivity contribution in [1.82, 2.24) is 0 Å². The zero-order chi connectivity index (χ0) is 27.7. The maximum Gasteiger partial charge on any atom is 0.0991 e. The van der Waals surface area contributed by atoms with E-state index >= 15 is 0 Å². The van der Waals surface area contributed by atoms with E-state index in [-0.39, 0.29) is 42.1 Å². The van der Waals surface area contributed by atoms with Crippen LogP contribution in [0.2, 0.25) is 0 Å². The van der Waals surface area contributed by atoms with Gasteiger partial charge in [0, 0.05) is 31.6 Å². The second kappa shape index (κ2) is 7.72. The Morgan fingerprint density at radius 2 is 1.21 bits per heavy atom. The van der Waals surface area contributed by atoms with Gasteiger partial charge in [0.1, 0.15) is 0 Å². The first-order valence-electron chi connectivity index (χ1n) is 13.6. The molecule has 38 heavy (non-hydrogen) atoms. The van der Waals surface area contributed by atoms with Crippen LogP contribution in [0.5, 0.6) is 0 Å². The summed E-state index contributed by atoms with van der Waals surface area (Å²) in [5, 5.41) is 19.8. The Balaban J connectivity index is 1.62. The molecule has 0 spiro atoms. The first-order chi connectivity index (χ1) is 17.7. The number of fused-ring (bicyclic) bond motifs is 2. The van der Waals surface area contributed by atoms with E-state index in [0.29, 0.717) is 10.5 Å². The van der Waals surface area contributed by atoms with E-state index in [1.807, 2.05) is 24.3 Å². The van der Waals surface area contributed by atoms with Crippen molar-refractivity contribution < 1.29 is 0 Å². The van der Waals surface area contributed by atoms with Crippen molar-refractivity contribution in [2.24, 2.45) is 16.2 Å². The smallest absolute Gasteiger partial charge is 0.0991 e. The summed E-state index contributed by atoms with van der Waals surface area (Å²) < 4.78 is 0. The van der Waals surface area contributed by atoms with Gasteiger partial charge in [-0.2, -0.15) is 10.5 Å². The Hall–Kier alpha value is -1.73. The highest BCUT2D eigenvalue weighted by Crippen LogP contribution is 3.28. The van der Waals surface area contributed by atoms with Crippen LogP contribution < -0.4 is 0 Å². The van der Waals surface area contributed by atoms with E-state index in [4.69, 9.17) is 0 Å². The van der Waals surface area contributed by atoms with Gasteiger partial charge in [-0.1, -0.05) is 102 Å². The van der Waals surface area contributed by atoms with Gasteiger partial charge in [0.2, 0.25) is 0 Å². The Morgan fingerprint density at radius 1 is 0.711 bits per heavy atom. The molecule has 0 N–H and O–H groups in total. The molecule has 8 atom stereocenters. The van der Waals surface area contributed by atoms with E-state index < -0.39 is 7.92 Å². The molecule has 2 aromatic carbocycles. The standard InChI is InChI=1S/C33H37N2P3/c1-28(2,3)27-37-26-31(25-16-14-24(21-35)15-17-25)33(38(27)31,30(7,8)9)36(32(26,37)29(4,5)6)19-18-22-10-12-23(20-34)13-11-22/h10-17,26-27H,1-9H3/t26-,27+,31+,32-,33-,36?,37?,38?/m1/s1. The lowest BCUT2D eigenvalue weighted by Crippen LogP contribution is -2.39. The molecule has 0 aliphatic carbocycles. The second-order valence-corrected chi connectivity index (χ2v) is 23.1. The van der Waals surface area contributed by atoms with Crippen LogP contribution in [0.25, 0.3) is 0 Å². The average Bonchev–Trinajstić information content (AvgIpc) is 3.65. The monoisotopic (exact) mass is 554 g/mol. The molecule has 5 heteroatoms. The lowest BCUT2D eigenvalue weighted by molar-refractivity contribution is 0.350. The topological polar surface area (TPSA) is 47.6 Å². The Morgan fingerprint density at radius 3 is 1.66 bits per heavy atom. The first-order valence-corrected chi connectivity index (χ1v) is 17.8. The highest BCUT2D eigenvalue weighted by atomic mass is 31.2. The van der Waals surface area contributed by atoms with Crippen molar-refractivity contribution in [2.45, 2.75) is 88.3 Å². The van der Waals surface area contributed by atoms with Crippen molar-refractivity contribution in [3.63, 3.8) is 0 Å². The number of hydrogen-bond donors (Lipinski definition) is 0. The molecular weight excluding hydrogens is 517 g/mol. The summed E-state index contributed by atoms with van der Waals surface area (Å²) in [5.74, 6) is 3.67. The third-order valence-electron chi connectivity index (χ3n) is 9.47. The fourth-order valence-corrected chi connectivity index (χ4v) is 31.5. The van der Waals surface area contributed by atoms with Crippen molar-refractivity contribution in [3.05, 3.63) is 70.8 Å². The molecule has 0 aromatic heterocycles. The number of hydrogen-bond acceptors (Lipinski definition) is 2. The van der Waals surface area contributed by atoms with E-state index in [0.717, 1.165) is 22.2 Å². The minimum absolute atomic E-state index is 0.133. The molecule has 0 amide bonds. The van der Waals surface area contributed by atoms with E-state index in [9.17, 15) is 10.5 Å². The van der Waals surface area contributed by atoms with E-state index in [1.54, 1.807) is 0 Å². The molecule has 0 radical (unpaired) electrons. The lowest BCUT2D eigenvalue weighted by atomic mass is 9.76. The van der Waals surface area contributed by atoms with Gasteiger partial charge in [-0.05, 0) is 66.1 Å². The number of benzene rings is 2. The van der Waals surface area contributed by atoms with Crippen molar-refractivity contribution in [2.75, 3.05) is 0 Å². The molecule has 6 rings (SSSR count). The SMILES string of the molecule is CC(C)(C)[C@H]1P2[C@H]3[C@@]2(C(C)(C)C)P(C#Cc2ccc(C#N)cc2)[C@]2(C(C)(C)C)P1[C@@]32c1ccc(C#N)cc1. The van der Waals surface area contributed by atoms with Crippen LogP contribution in [0.4, 0.5) is 0 Å². The van der Waals surface area contributed by atoms with Gasteiger partial charge < -0.3 is 0 Å². The molecule has 0 saturated carbocycles. The molecule has 4 fully saturated rings. The average molecular weight is 555 g/mol. The summed E-state index contributed by atoms with van der Waals surface area (Å²) in [6.45, 7) is 22.5. The summed E-state index contributed by atoms with van der Waals surface area (Å²) in [6.07, 6.45) is 0. The van der Waals surface area contributed by atoms with Crippen LogP contribution in [0.1, 0.15) is 84.6 Å². The molecule has 194 valence electrons. The molecule has 0 bridgehead atoms. The van der Waals surface area contributed by atoms with Crippen LogP contribution >= 0.6 is 23.8 Å². The van der Waals surface area contributed by atoms with Gasteiger partial charge in [0.05, 0.1) is 23.3 Å². The largest absolute Gasteiger partial charge is 0.192 e. The van der Waals surface area contributed by atoms with Crippen molar-refractivity contribution in [1.29, 1.82) is 10.5 Å². The zero-order valence-electron chi connectivity index (χ0n) is 24.0. The summed E-state index contributed by atoms with van der Waals surface area (Å²) >= 11 is 0. The molecular formula is C33H37N2P3. The molecule has 4 heterocycles. The normalized spacial score (nSPS) is 37.9. The molecule has 2 aromatic rings. The van der Waals surface area contributed by atoms with Gasteiger partial charge in [-0.3, -0.25) is 0 Å². The first kappa shape index (κ1) is 26.5. The van der Waals surface area contributed by atoms with Crippen LogP contribution in [0, 0.1) is 50.5 Å². The van der Waals surface area contributed by atoms with Crippen LogP contribution in [-0.2, 0) is 5.16 Å². The predicted molar refractivity (Wildman–Crippen MR) is 163 cm³/mol. The van der Waals surface area contributed by atoms with E-state index in [1.165, 1.54) is 5.56 Å². The highest BCUT2D eigenvalue weighted by Gasteiger charge is 3.08. The second-order valence-electron chi connectivity index (χ2n) is 14.5. The highest BCUT2D eigenvalue weighted by molar-refractivity contribution is 8.09. The van der Waals surface area contributed by atoms with Crippen molar-refractivity contribution >= 4 is 23.8 Å². The van der Waals surface area contributed by atoms with Gasteiger partial charge in [-0.15, -0.1) is 0 Å². The maximum absolute atomic E-state index is 9.54. The lowest BCUT2D eigenvalue weighted by Gasteiger charge is -2.51. The van der Waals surface area contributed by atoms with Crippen LogP contribution in [0.3, 0.4) is 0 Å². The fraction of sp³-hybridized carbons (Fsp3) is 0.515. The maximum atomic E-state index is 9.54. The molecule has 4 aliphatic heterocycles. The Kier molecular flexibility index (Phi) is 5.38. The van der Waals surface area contributed by atoms with Gasteiger partial charge >= 0.3 is 0 Å². The fourth-order valence-electron chi connectivity index (χ4n) is 8.50. The zero-order valence-corrected chi connectivity index (χ0v) is 26.7. The summed E-state index contributed by atoms with van der Waals surface area (Å²) in [5.41, 5.74) is 9.37. The molecule has 4 aliphatic rings. The minimum atomic E-state index is -0.579. The molecule has 3 unspecified atom stereocenters. The van der Waals surface area contributed by atoms with Gasteiger partial charge in [-0.25, -0.2) is 0 Å². The Labute approximate surface area is 232 Å². The van der Waals surface area contributed by atoms with Crippen molar-refractivity contribution in [3.8, 4) is 23.7 Å². The third-order valence-corrected chi connectivity index (χ3v) is 26.1. The van der Waals surface area contributed by atoms with Gasteiger partial charge in [0.25, 0.3) is 0 Å². The number of rotatable bonds is 1. The molecule has 4 saturated heterocycles. The predicted octanol–water partition coefficient (Wildman–Crippen LogP) is 9.36. The third kappa shape index (κ3) is 2.81.